The van der Waals surface area contributed by atoms with Crippen molar-refractivity contribution in [3.8, 4) is 0 Å². The van der Waals surface area contributed by atoms with Gasteiger partial charge in [-0.15, -0.1) is 0 Å². The lowest BCUT2D eigenvalue weighted by Crippen LogP contribution is -2.32. The molecule has 41 heavy (non-hydrogen) atoms. The van der Waals surface area contributed by atoms with Crippen LogP contribution in [-0.4, -0.2) is 68.4 Å². The van der Waals surface area contributed by atoms with Crippen LogP contribution in [0.2, 0.25) is 0 Å². The van der Waals surface area contributed by atoms with Crippen LogP contribution in [0.3, 0.4) is 0 Å². The summed E-state index contributed by atoms with van der Waals surface area (Å²) >= 11 is 0. The van der Waals surface area contributed by atoms with Gasteiger partial charge in [0.05, 0.1) is 19.8 Å². The number of carbonyl (C=O) groups is 3. The highest BCUT2D eigenvalue weighted by Crippen LogP contribution is 2.18. The summed E-state index contributed by atoms with van der Waals surface area (Å²) in [5.41, 5.74) is -0.667. The SMILES string of the molecule is CCC(CO)(CO)CO.CCCCCCCCCCCCCCCC(=O)O.O=C(O)CCCCCCCCC(=O)O. The summed E-state index contributed by atoms with van der Waals surface area (Å²) < 4.78 is 0. The third-order valence-corrected chi connectivity index (χ3v) is 7.28. The minimum absolute atomic E-state index is 0.156. The molecule has 0 saturated heterocycles. The normalized spacial score (nSPS) is 10.8. The maximum atomic E-state index is 10.3. The van der Waals surface area contributed by atoms with Crippen molar-refractivity contribution in [2.24, 2.45) is 5.41 Å². The Morgan fingerprint density at radius 2 is 0.634 bits per heavy atom. The summed E-state index contributed by atoms with van der Waals surface area (Å²) in [6.07, 6.45) is 23.7. The maximum Gasteiger partial charge on any atom is 0.303 e. The highest BCUT2D eigenvalue weighted by atomic mass is 16.4. The Bertz CT molecular complexity index is 540. The molecule has 0 aliphatic rings. The van der Waals surface area contributed by atoms with Crippen LogP contribution in [0, 0.1) is 5.41 Å². The Labute approximate surface area is 249 Å². The molecule has 0 aromatic rings. The lowest BCUT2D eigenvalue weighted by molar-refractivity contribution is -0.138. The number of aliphatic carboxylic acids is 3. The smallest absolute Gasteiger partial charge is 0.303 e. The predicted molar refractivity (Wildman–Crippen MR) is 164 cm³/mol. The van der Waals surface area contributed by atoms with Crippen LogP contribution >= 0.6 is 0 Å². The van der Waals surface area contributed by atoms with E-state index in [0.29, 0.717) is 12.8 Å². The monoisotopic (exact) mass is 592 g/mol. The van der Waals surface area contributed by atoms with Crippen molar-refractivity contribution >= 4 is 17.9 Å². The lowest BCUT2D eigenvalue weighted by atomic mass is 9.88. The molecule has 0 amide bonds. The standard InChI is InChI=1S/C16H32O2.C10H18O4.C6H14O3/c1-2-3-4-5-6-7-8-9-10-11-12-13-14-15-16(17)18;11-9(12)7-5-3-1-2-4-6-8-10(13)14;1-2-6(3-7,4-8)5-9/h2-15H2,1H3,(H,17,18);1-8H2,(H,11,12)(H,13,14);7-9H,2-5H2,1H3. The minimum Gasteiger partial charge on any atom is -0.481 e. The average Bonchev–Trinajstić information content (AvgIpc) is 2.94. The Morgan fingerprint density at radius 3 is 0.780 bits per heavy atom. The van der Waals surface area contributed by atoms with E-state index in [1.807, 2.05) is 6.92 Å². The number of aliphatic hydroxyl groups is 3. The number of hydrogen-bond acceptors (Lipinski definition) is 6. The number of carboxylic acids is 3. The summed E-state index contributed by atoms with van der Waals surface area (Å²) in [5.74, 6) is -2.13. The zero-order valence-corrected chi connectivity index (χ0v) is 26.3. The van der Waals surface area contributed by atoms with E-state index >= 15 is 0 Å². The van der Waals surface area contributed by atoms with Gasteiger partial charge in [-0.1, -0.05) is 117 Å². The first-order valence-electron chi connectivity index (χ1n) is 16.1. The van der Waals surface area contributed by atoms with E-state index in [2.05, 4.69) is 6.92 Å². The van der Waals surface area contributed by atoms with Gasteiger partial charge in [-0.3, -0.25) is 14.4 Å². The Morgan fingerprint density at radius 1 is 0.415 bits per heavy atom. The molecule has 6 N–H and O–H groups in total. The largest absolute Gasteiger partial charge is 0.481 e. The molecular formula is C32H64O9. The number of rotatable bonds is 27. The van der Waals surface area contributed by atoms with Gasteiger partial charge in [-0.2, -0.15) is 0 Å². The topological polar surface area (TPSA) is 173 Å². The molecule has 0 radical (unpaired) electrons. The van der Waals surface area contributed by atoms with E-state index in [9.17, 15) is 14.4 Å². The van der Waals surface area contributed by atoms with Gasteiger partial charge in [-0.05, 0) is 25.7 Å². The third kappa shape index (κ3) is 38.3. The van der Waals surface area contributed by atoms with Gasteiger partial charge in [-0.25, -0.2) is 0 Å². The Hall–Kier alpha value is -1.71. The summed E-state index contributed by atoms with van der Waals surface area (Å²) in [6, 6.07) is 0. The van der Waals surface area contributed by atoms with Crippen LogP contribution in [0.25, 0.3) is 0 Å². The predicted octanol–water partition coefficient (Wildman–Crippen LogP) is 7.19. The quantitative estimate of drug-likeness (QED) is 0.0540. The van der Waals surface area contributed by atoms with Crippen molar-refractivity contribution in [1.82, 2.24) is 0 Å². The van der Waals surface area contributed by atoms with Crippen molar-refractivity contribution in [2.45, 2.75) is 162 Å². The van der Waals surface area contributed by atoms with Gasteiger partial charge in [0.25, 0.3) is 0 Å². The molecule has 0 aromatic carbocycles. The van der Waals surface area contributed by atoms with Gasteiger partial charge in [0.1, 0.15) is 0 Å². The molecule has 0 aliphatic heterocycles. The van der Waals surface area contributed by atoms with Gasteiger partial charge in [0, 0.05) is 24.7 Å². The van der Waals surface area contributed by atoms with Crippen LogP contribution in [0.4, 0.5) is 0 Å². The zero-order chi connectivity index (χ0) is 31.6. The third-order valence-electron chi connectivity index (χ3n) is 7.28. The van der Waals surface area contributed by atoms with Crippen molar-refractivity contribution in [3.05, 3.63) is 0 Å². The van der Waals surface area contributed by atoms with Crippen molar-refractivity contribution in [2.75, 3.05) is 19.8 Å². The van der Waals surface area contributed by atoms with Gasteiger partial charge in [0.2, 0.25) is 0 Å². The summed E-state index contributed by atoms with van der Waals surface area (Å²) in [7, 11) is 0. The average molecular weight is 593 g/mol. The van der Waals surface area contributed by atoms with Crippen LogP contribution in [0.15, 0.2) is 0 Å². The molecule has 0 saturated carbocycles. The van der Waals surface area contributed by atoms with Crippen molar-refractivity contribution < 1.29 is 45.0 Å². The Balaban J connectivity index is -0.000000559. The highest BCUT2D eigenvalue weighted by molar-refractivity contribution is 5.67. The summed E-state index contributed by atoms with van der Waals surface area (Å²) in [5, 5.41) is 51.2. The molecular weight excluding hydrogens is 528 g/mol. The molecule has 0 unspecified atom stereocenters. The fraction of sp³-hybridized carbons (Fsp3) is 0.906. The van der Waals surface area contributed by atoms with E-state index in [0.717, 1.165) is 51.4 Å². The van der Waals surface area contributed by atoms with Crippen LogP contribution < -0.4 is 0 Å². The Kier molecular flexibility index (Phi) is 36.8. The lowest BCUT2D eigenvalue weighted by Gasteiger charge is -2.24. The molecule has 0 rings (SSSR count). The second kappa shape index (κ2) is 34.5. The van der Waals surface area contributed by atoms with Gasteiger partial charge in [0.15, 0.2) is 0 Å². The molecule has 0 fully saturated rings. The van der Waals surface area contributed by atoms with E-state index in [1.165, 1.54) is 70.6 Å². The van der Waals surface area contributed by atoms with Crippen LogP contribution in [0.5, 0.6) is 0 Å². The molecule has 246 valence electrons. The molecule has 0 bridgehead atoms. The summed E-state index contributed by atoms with van der Waals surface area (Å²) in [4.78, 5) is 30.6. The molecule has 0 aromatic heterocycles. The van der Waals surface area contributed by atoms with Crippen LogP contribution in [0.1, 0.15) is 162 Å². The molecule has 9 heteroatoms. The number of unbranched alkanes of at least 4 members (excludes halogenated alkanes) is 17. The molecule has 9 nitrogen and oxygen atoms in total. The van der Waals surface area contributed by atoms with Gasteiger partial charge < -0.3 is 30.6 Å². The molecule has 0 atom stereocenters. The molecule has 0 heterocycles. The number of carboxylic acid groups (broad SMARTS) is 3. The zero-order valence-electron chi connectivity index (χ0n) is 26.3. The van der Waals surface area contributed by atoms with Gasteiger partial charge >= 0.3 is 17.9 Å². The number of hydrogen-bond donors (Lipinski definition) is 6. The fourth-order valence-corrected chi connectivity index (χ4v) is 4.04. The first-order valence-corrected chi connectivity index (χ1v) is 16.1. The molecule has 0 spiro atoms. The van der Waals surface area contributed by atoms with E-state index in [4.69, 9.17) is 30.6 Å². The van der Waals surface area contributed by atoms with Crippen molar-refractivity contribution in [1.29, 1.82) is 0 Å². The second-order valence-electron chi connectivity index (χ2n) is 11.1. The first kappa shape index (κ1) is 43.7. The highest BCUT2D eigenvalue weighted by Gasteiger charge is 2.24. The number of aliphatic hydroxyl groups excluding tert-OH is 3. The first-order chi connectivity index (χ1) is 19.6. The van der Waals surface area contributed by atoms with E-state index in [1.54, 1.807) is 0 Å². The van der Waals surface area contributed by atoms with Crippen LogP contribution in [-0.2, 0) is 14.4 Å². The van der Waals surface area contributed by atoms with E-state index in [-0.39, 0.29) is 32.7 Å². The molecule has 0 aliphatic carbocycles. The maximum absolute atomic E-state index is 10.3. The minimum atomic E-state index is -0.740. The fourth-order valence-electron chi connectivity index (χ4n) is 4.04. The summed E-state index contributed by atoms with van der Waals surface area (Å²) in [6.45, 7) is 3.61. The van der Waals surface area contributed by atoms with Crippen molar-refractivity contribution in [3.63, 3.8) is 0 Å². The van der Waals surface area contributed by atoms with E-state index < -0.39 is 23.3 Å². The second-order valence-corrected chi connectivity index (χ2v) is 11.1.